The van der Waals surface area contributed by atoms with Crippen LogP contribution in [-0.2, 0) is 0 Å². The summed E-state index contributed by atoms with van der Waals surface area (Å²) in [7, 11) is 0. The second-order valence-corrected chi connectivity index (χ2v) is 5.48. The maximum absolute atomic E-state index is 12.2. The minimum atomic E-state index is -1.22. The van der Waals surface area contributed by atoms with E-state index < -0.39 is 11.9 Å². The Balaban J connectivity index is 2.36. The number of anilines is 2. The van der Waals surface area contributed by atoms with E-state index in [0.717, 1.165) is 4.47 Å². The number of amides is 1. The summed E-state index contributed by atoms with van der Waals surface area (Å²) >= 11 is 9.09. The Morgan fingerprint density at radius 1 is 1.24 bits per heavy atom. The van der Waals surface area contributed by atoms with E-state index >= 15 is 0 Å². The fraction of sp³-hybridized carbons (Fsp3) is 0. The van der Waals surface area contributed by atoms with Gasteiger partial charge in [0.15, 0.2) is 0 Å². The number of carbonyl (C=O) groups excluding carboxylic acids is 1. The van der Waals surface area contributed by atoms with Crippen LogP contribution in [0, 0.1) is 0 Å². The highest BCUT2D eigenvalue weighted by atomic mass is 79.9. The largest absolute Gasteiger partial charge is 0.478 e. The molecule has 0 spiro atoms. The number of benzene rings is 2. The van der Waals surface area contributed by atoms with Gasteiger partial charge < -0.3 is 16.2 Å². The maximum atomic E-state index is 12.2. The number of rotatable bonds is 3. The van der Waals surface area contributed by atoms with Crippen molar-refractivity contribution in [2.45, 2.75) is 0 Å². The van der Waals surface area contributed by atoms with Crippen molar-refractivity contribution in [1.29, 1.82) is 0 Å². The van der Waals surface area contributed by atoms with E-state index in [2.05, 4.69) is 21.2 Å². The van der Waals surface area contributed by atoms with Gasteiger partial charge >= 0.3 is 5.97 Å². The van der Waals surface area contributed by atoms with Crippen LogP contribution in [0.5, 0.6) is 0 Å². The predicted molar refractivity (Wildman–Crippen MR) is 84.9 cm³/mol. The predicted octanol–water partition coefficient (Wildman–Crippen LogP) is 3.64. The van der Waals surface area contributed by atoms with Crippen LogP contribution in [0.2, 0.25) is 5.02 Å². The van der Waals surface area contributed by atoms with Crippen LogP contribution >= 0.6 is 27.5 Å². The van der Waals surface area contributed by atoms with Crippen LogP contribution in [0.3, 0.4) is 0 Å². The van der Waals surface area contributed by atoms with Crippen molar-refractivity contribution in [1.82, 2.24) is 0 Å². The zero-order chi connectivity index (χ0) is 15.6. The van der Waals surface area contributed by atoms with Crippen LogP contribution in [0.1, 0.15) is 20.7 Å². The molecule has 1 amide bonds. The highest BCUT2D eigenvalue weighted by Gasteiger charge is 2.17. The van der Waals surface area contributed by atoms with E-state index in [1.807, 2.05) is 0 Å². The van der Waals surface area contributed by atoms with Gasteiger partial charge in [0.05, 0.1) is 16.3 Å². The van der Waals surface area contributed by atoms with E-state index in [9.17, 15) is 9.59 Å². The number of halogens is 2. The van der Waals surface area contributed by atoms with E-state index in [1.54, 1.807) is 24.3 Å². The molecule has 21 heavy (non-hydrogen) atoms. The number of hydrogen-bond donors (Lipinski definition) is 3. The van der Waals surface area contributed by atoms with Gasteiger partial charge in [-0.3, -0.25) is 4.79 Å². The van der Waals surface area contributed by atoms with E-state index in [0.29, 0.717) is 0 Å². The molecule has 108 valence electrons. The van der Waals surface area contributed by atoms with Gasteiger partial charge in [0.1, 0.15) is 5.56 Å². The fourth-order valence-electron chi connectivity index (χ4n) is 1.78. The van der Waals surface area contributed by atoms with Gasteiger partial charge in [0.25, 0.3) is 5.91 Å². The van der Waals surface area contributed by atoms with Crippen LogP contribution in [0.25, 0.3) is 0 Å². The number of nitrogens with two attached hydrogens (primary N) is 1. The Kier molecular flexibility index (Phi) is 4.50. The lowest BCUT2D eigenvalue weighted by atomic mass is 10.1. The molecule has 0 aromatic heterocycles. The number of carboxylic acid groups (broad SMARTS) is 1. The minimum absolute atomic E-state index is 0.0454. The molecule has 2 aromatic carbocycles. The number of hydrogen-bond acceptors (Lipinski definition) is 3. The maximum Gasteiger partial charge on any atom is 0.339 e. The number of nitrogen functional groups attached to an aromatic ring is 1. The average molecular weight is 370 g/mol. The first-order chi connectivity index (χ1) is 9.90. The van der Waals surface area contributed by atoms with Crippen LogP contribution in [0.4, 0.5) is 11.4 Å². The molecule has 0 saturated carbocycles. The molecule has 0 heterocycles. The summed E-state index contributed by atoms with van der Waals surface area (Å²) in [5.74, 6) is -1.73. The third-order valence-electron chi connectivity index (χ3n) is 2.73. The first kappa shape index (κ1) is 15.3. The van der Waals surface area contributed by atoms with Crippen molar-refractivity contribution in [3.8, 4) is 0 Å². The molecule has 0 radical (unpaired) electrons. The van der Waals surface area contributed by atoms with Crippen molar-refractivity contribution in [3.05, 3.63) is 57.0 Å². The highest BCUT2D eigenvalue weighted by Crippen LogP contribution is 2.26. The van der Waals surface area contributed by atoms with Crippen molar-refractivity contribution in [3.63, 3.8) is 0 Å². The van der Waals surface area contributed by atoms with Gasteiger partial charge in [0, 0.05) is 10.2 Å². The smallest absolute Gasteiger partial charge is 0.339 e. The molecular formula is C14H10BrClN2O3. The summed E-state index contributed by atoms with van der Waals surface area (Å²) in [6, 6.07) is 9.25. The standard InChI is InChI=1S/C14H10BrClN2O3/c15-7-4-5-8(10(17)6-7)13(19)18-11-3-1-2-9(16)12(11)14(20)21/h1-6H,17H2,(H,18,19)(H,20,21). The highest BCUT2D eigenvalue weighted by molar-refractivity contribution is 9.10. The minimum Gasteiger partial charge on any atom is -0.478 e. The van der Waals surface area contributed by atoms with E-state index in [1.165, 1.54) is 12.1 Å². The molecule has 2 rings (SSSR count). The average Bonchev–Trinajstić information content (AvgIpc) is 2.37. The topological polar surface area (TPSA) is 92.4 Å². The number of nitrogens with one attached hydrogen (secondary N) is 1. The molecule has 0 unspecified atom stereocenters. The van der Waals surface area contributed by atoms with Crippen LogP contribution in [0.15, 0.2) is 40.9 Å². The summed E-state index contributed by atoms with van der Waals surface area (Å²) in [5, 5.41) is 11.7. The van der Waals surface area contributed by atoms with Crippen molar-refractivity contribution < 1.29 is 14.7 Å². The fourth-order valence-corrected chi connectivity index (χ4v) is 2.41. The van der Waals surface area contributed by atoms with Crippen molar-refractivity contribution in [2.75, 3.05) is 11.1 Å². The van der Waals surface area contributed by atoms with Gasteiger partial charge in [-0.15, -0.1) is 0 Å². The Morgan fingerprint density at radius 3 is 2.57 bits per heavy atom. The second kappa shape index (κ2) is 6.15. The lowest BCUT2D eigenvalue weighted by molar-refractivity contribution is 0.0698. The Bertz CT molecular complexity index is 734. The zero-order valence-corrected chi connectivity index (χ0v) is 12.9. The monoisotopic (exact) mass is 368 g/mol. The van der Waals surface area contributed by atoms with Gasteiger partial charge in [0.2, 0.25) is 0 Å². The third-order valence-corrected chi connectivity index (χ3v) is 3.54. The summed E-state index contributed by atoms with van der Waals surface area (Å²) in [6.07, 6.45) is 0. The number of carbonyl (C=O) groups is 2. The number of aromatic carboxylic acids is 1. The molecule has 0 aliphatic heterocycles. The molecule has 0 saturated heterocycles. The first-order valence-electron chi connectivity index (χ1n) is 5.78. The van der Waals surface area contributed by atoms with Crippen molar-refractivity contribution >= 4 is 50.8 Å². The molecule has 0 bridgehead atoms. The molecular weight excluding hydrogens is 360 g/mol. The van der Waals surface area contributed by atoms with Gasteiger partial charge in [-0.05, 0) is 30.3 Å². The van der Waals surface area contributed by atoms with E-state index in [4.69, 9.17) is 22.4 Å². The van der Waals surface area contributed by atoms with Crippen LogP contribution < -0.4 is 11.1 Å². The summed E-state index contributed by atoms with van der Waals surface area (Å²) in [6.45, 7) is 0. The number of carboxylic acids is 1. The van der Waals surface area contributed by atoms with Gasteiger partial charge in [-0.2, -0.15) is 0 Å². The third kappa shape index (κ3) is 3.34. The lowest BCUT2D eigenvalue weighted by Crippen LogP contribution is -2.16. The Hall–Kier alpha value is -2.05. The van der Waals surface area contributed by atoms with Gasteiger partial charge in [-0.25, -0.2) is 4.79 Å². The van der Waals surface area contributed by atoms with Gasteiger partial charge in [-0.1, -0.05) is 33.6 Å². The van der Waals surface area contributed by atoms with Crippen molar-refractivity contribution in [2.24, 2.45) is 0 Å². The first-order valence-corrected chi connectivity index (χ1v) is 6.95. The Labute approximate surface area is 133 Å². The lowest BCUT2D eigenvalue weighted by Gasteiger charge is -2.11. The molecule has 4 N–H and O–H groups in total. The van der Waals surface area contributed by atoms with Crippen LogP contribution in [-0.4, -0.2) is 17.0 Å². The molecule has 2 aromatic rings. The summed E-state index contributed by atoms with van der Waals surface area (Å²) in [5.41, 5.74) is 6.24. The van der Waals surface area contributed by atoms with E-state index in [-0.39, 0.29) is 27.5 Å². The molecule has 0 atom stereocenters. The normalized spacial score (nSPS) is 10.2. The quantitative estimate of drug-likeness (QED) is 0.720. The second-order valence-electron chi connectivity index (χ2n) is 4.15. The Morgan fingerprint density at radius 2 is 1.95 bits per heavy atom. The molecule has 0 aliphatic carbocycles. The molecule has 7 heteroatoms. The summed E-state index contributed by atoms with van der Waals surface area (Å²) in [4.78, 5) is 23.4. The SMILES string of the molecule is Nc1cc(Br)ccc1C(=O)Nc1cccc(Cl)c1C(=O)O. The zero-order valence-electron chi connectivity index (χ0n) is 10.6. The summed E-state index contributed by atoms with van der Waals surface area (Å²) < 4.78 is 0.741. The molecule has 0 fully saturated rings. The molecule has 0 aliphatic rings. The molecule has 5 nitrogen and oxygen atoms in total.